The Morgan fingerprint density at radius 3 is 2.65 bits per heavy atom. The highest BCUT2D eigenvalue weighted by Crippen LogP contribution is 2.34. The molecule has 0 spiro atoms. The van der Waals surface area contributed by atoms with Crippen molar-refractivity contribution in [3.8, 4) is 17.2 Å². The second-order valence-corrected chi connectivity index (χ2v) is 10.2. The van der Waals surface area contributed by atoms with Crippen LogP contribution >= 0.6 is 0 Å². The van der Waals surface area contributed by atoms with Gasteiger partial charge in [-0.1, -0.05) is 24.3 Å². The van der Waals surface area contributed by atoms with Crippen LogP contribution in [-0.2, 0) is 16.1 Å². The van der Waals surface area contributed by atoms with Crippen molar-refractivity contribution in [2.45, 2.75) is 31.5 Å². The van der Waals surface area contributed by atoms with Gasteiger partial charge in [-0.05, 0) is 66.9 Å². The van der Waals surface area contributed by atoms with Gasteiger partial charge >= 0.3 is 0 Å². The fourth-order valence-corrected chi connectivity index (χ4v) is 5.32. The lowest BCUT2D eigenvalue weighted by atomic mass is 9.87. The van der Waals surface area contributed by atoms with Crippen LogP contribution in [0.25, 0.3) is 0 Å². The average molecular weight is 551 g/mol. The second kappa shape index (κ2) is 14.3. The van der Waals surface area contributed by atoms with Gasteiger partial charge in [-0.15, -0.1) is 0 Å². The molecule has 2 aliphatic heterocycles. The van der Waals surface area contributed by atoms with Crippen LogP contribution in [0.1, 0.15) is 29.9 Å². The van der Waals surface area contributed by atoms with Crippen LogP contribution in [0.15, 0.2) is 66.7 Å². The van der Waals surface area contributed by atoms with Crippen molar-refractivity contribution in [1.29, 1.82) is 0 Å². The number of anilines is 1. The molecule has 40 heavy (non-hydrogen) atoms. The molecule has 0 amide bonds. The predicted molar refractivity (Wildman–Crippen MR) is 153 cm³/mol. The number of hydrogen-bond acceptors (Lipinski definition) is 7. The standard InChI is InChI=1S/C32H39FN2O5/c1-36-16-3-14-35-15-17-39-31-11-6-24(20-30(31)35)23-40-32-22-34-13-12-29(32)25-7-9-27(10-8-25)37-18-19-38-28-5-2-4-26(33)21-28/h2,4-11,20-21,29,32,34H,3,12-19,22-23H2,1H3/t29?,32-/m0/s1. The third-order valence-electron chi connectivity index (χ3n) is 7.37. The topological polar surface area (TPSA) is 61.4 Å². The van der Waals surface area contributed by atoms with Gasteiger partial charge in [0.1, 0.15) is 42.9 Å². The summed E-state index contributed by atoms with van der Waals surface area (Å²) in [6, 6.07) is 20.7. The number of hydrogen-bond donors (Lipinski definition) is 1. The van der Waals surface area contributed by atoms with E-state index in [1.54, 1.807) is 19.2 Å². The molecule has 1 saturated heterocycles. The second-order valence-electron chi connectivity index (χ2n) is 10.2. The molecule has 0 bridgehead atoms. The van der Waals surface area contributed by atoms with Gasteiger partial charge in [-0.2, -0.15) is 0 Å². The van der Waals surface area contributed by atoms with E-state index < -0.39 is 0 Å². The normalized spacial score (nSPS) is 18.6. The Kier molecular flexibility index (Phi) is 10.1. The minimum atomic E-state index is -0.313. The van der Waals surface area contributed by atoms with Gasteiger partial charge in [0.2, 0.25) is 0 Å². The van der Waals surface area contributed by atoms with Crippen molar-refractivity contribution in [1.82, 2.24) is 5.32 Å². The summed E-state index contributed by atoms with van der Waals surface area (Å²) in [5.74, 6) is 2.21. The maximum absolute atomic E-state index is 13.3. The van der Waals surface area contributed by atoms with Gasteiger partial charge in [0.05, 0.1) is 24.9 Å². The van der Waals surface area contributed by atoms with E-state index in [4.69, 9.17) is 23.7 Å². The van der Waals surface area contributed by atoms with Crippen molar-refractivity contribution in [3.63, 3.8) is 0 Å². The molecule has 1 fully saturated rings. The first-order chi connectivity index (χ1) is 19.7. The van der Waals surface area contributed by atoms with Crippen LogP contribution < -0.4 is 24.4 Å². The fourth-order valence-electron chi connectivity index (χ4n) is 5.32. The van der Waals surface area contributed by atoms with E-state index in [9.17, 15) is 4.39 Å². The van der Waals surface area contributed by atoms with Crippen LogP contribution in [-0.4, -0.2) is 65.8 Å². The lowest BCUT2D eigenvalue weighted by Gasteiger charge is -2.33. The number of ether oxygens (including phenoxy) is 5. The molecule has 2 heterocycles. The molecule has 3 aromatic rings. The third kappa shape index (κ3) is 7.65. The molecule has 3 aromatic carbocycles. The highest BCUT2D eigenvalue weighted by Gasteiger charge is 2.27. The number of methoxy groups -OCH3 is 1. The highest BCUT2D eigenvalue weighted by molar-refractivity contribution is 5.61. The largest absolute Gasteiger partial charge is 0.490 e. The van der Waals surface area contributed by atoms with Gasteiger partial charge in [0.15, 0.2) is 0 Å². The number of halogens is 1. The Bertz CT molecular complexity index is 1210. The number of benzene rings is 3. The molecule has 2 atom stereocenters. The van der Waals surface area contributed by atoms with Gasteiger partial charge in [0, 0.05) is 38.8 Å². The molecule has 7 nitrogen and oxygen atoms in total. The fraction of sp³-hybridized carbons (Fsp3) is 0.438. The zero-order chi connectivity index (χ0) is 27.6. The van der Waals surface area contributed by atoms with Gasteiger partial charge in [-0.3, -0.25) is 0 Å². The summed E-state index contributed by atoms with van der Waals surface area (Å²) >= 11 is 0. The summed E-state index contributed by atoms with van der Waals surface area (Å²) in [6.45, 7) is 6.35. The van der Waals surface area contributed by atoms with Crippen LogP contribution in [0, 0.1) is 5.82 Å². The molecule has 214 valence electrons. The molecule has 0 radical (unpaired) electrons. The van der Waals surface area contributed by atoms with Crippen molar-refractivity contribution in [2.24, 2.45) is 0 Å². The minimum absolute atomic E-state index is 0.0743. The number of piperidine rings is 1. The van der Waals surface area contributed by atoms with Gasteiger partial charge in [0.25, 0.3) is 0 Å². The first kappa shape index (κ1) is 28.2. The van der Waals surface area contributed by atoms with Crippen LogP contribution in [0.2, 0.25) is 0 Å². The van der Waals surface area contributed by atoms with Crippen molar-refractivity contribution >= 4 is 5.69 Å². The van der Waals surface area contributed by atoms with Crippen LogP contribution in [0.4, 0.5) is 10.1 Å². The molecule has 0 aromatic heterocycles. The summed E-state index contributed by atoms with van der Waals surface area (Å²) in [5.41, 5.74) is 3.53. The predicted octanol–water partition coefficient (Wildman–Crippen LogP) is 5.18. The van der Waals surface area contributed by atoms with E-state index >= 15 is 0 Å². The summed E-state index contributed by atoms with van der Waals surface area (Å²) in [4.78, 5) is 2.38. The summed E-state index contributed by atoms with van der Waals surface area (Å²) in [5, 5.41) is 3.49. The third-order valence-corrected chi connectivity index (χ3v) is 7.37. The average Bonchev–Trinajstić information content (AvgIpc) is 2.99. The Morgan fingerprint density at radius 1 is 0.975 bits per heavy atom. The molecule has 0 aliphatic carbocycles. The van der Waals surface area contributed by atoms with E-state index in [0.717, 1.165) is 68.4 Å². The van der Waals surface area contributed by atoms with Crippen LogP contribution in [0.3, 0.4) is 0 Å². The SMILES string of the molecule is COCCCN1CCOc2ccc(CO[C@H]3CNCCC3c3ccc(OCCOc4cccc(F)c4)cc3)cc21. The molecular weight excluding hydrogens is 511 g/mol. The van der Waals surface area contributed by atoms with E-state index in [2.05, 4.69) is 40.5 Å². The summed E-state index contributed by atoms with van der Waals surface area (Å²) in [7, 11) is 1.74. The molecule has 0 saturated carbocycles. The Balaban J connectivity index is 1.14. The highest BCUT2D eigenvalue weighted by atomic mass is 19.1. The number of nitrogens with one attached hydrogen (secondary N) is 1. The lowest BCUT2D eigenvalue weighted by Crippen LogP contribution is -2.41. The quantitative estimate of drug-likeness (QED) is 0.294. The summed E-state index contributed by atoms with van der Waals surface area (Å²) < 4.78 is 42.3. The van der Waals surface area contributed by atoms with E-state index in [1.165, 1.54) is 17.7 Å². The summed E-state index contributed by atoms with van der Waals surface area (Å²) in [6.07, 6.45) is 2.07. The Morgan fingerprint density at radius 2 is 1.82 bits per heavy atom. The first-order valence-corrected chi connectivity index (χ1v) is 14.1. The first-order valence-electron chi connectivity index (χ1n) is 14.1. The molecule has 8 heteroatoms. The van der Waals surface area contributed by atoms with Crippen LogP contribution in [0.5, 0.6) is 17.2 Å². The van der Waals surface area contributed by atoms with Crippen molar-refractivity contribution in [2.75, 3.05) is 64.6 Å². The zero-order valence-electron chi connectivity index (χ0n) is 23.2. The maximum atomic E-state index is 13.3. The maximum Gasteiger partial charge on any atom is 0.142 e. The zero-order valence-corrected chi connectivity index (χ0v) is 23.2. The van der Waals surface area contributed by atoms with Crippen molar-refractivity contribution in [3.05, 3.63) is 83.7 Å². The van der Waals surface area contributed by atoms with E-state index in [-0.39, 0.29) is 11.9 Å². The molecule has 2 aliphatic rings. The van der Waals surface area contributed by atoms with Gasteiger partial charge in [-0.25, -0.2) is 4.39 Å². The minimum Gasteiger partial charge on any atom is -0.490 e. The lowest BCUT2D eigenvalue weighted by molar-refractivity contribution is 0.0106. The molecular formula is C32H39FN2O5. The Labute approximate surface area is 236 Å². The monoisotopic (exact) mass is 550 g/mol. The van der Waals surface area contributed by atoms with E-state index in [1.807, 2.05) is 12.1 Å². The number of nitrogens with zero attached hydrogens (tertiary/aromatic N) is 1. The molecule has 5 rings (SSSR count). The number of fused-ring (bicyclic) bond motifs is 1. The molecule has 1 N–H and O–H groups in total. The van der Waals surface area contributed by atoms with Crippen molar-refractivity contribution < 1.29 is 28.1 Å². The Hall–Kier alpha value is -3.33. The van der Waals surface area contributed by atoms with E-state index in [0.29, 0.717) is 38.1 Å². The molecule has 1 unspecified atom stereocenters. The smallest absolute Gasteiger partial charge is 0.142 e. The van der Waals surface area contributed by atoms with Gasteiger partial charge < -0.3 is 33.9 Å². The number of rotatable bonds is 13.